The number of nitrogens with zero attached hydrogens (tertiary/aromatic N) is 1. The number of hydrogen-bond acceptors (Lipinski definition) is 5. The third-order valence-electron chi connectivity index (χ3n) is 5.91. The molecular formula is C22H13B4ClF4N4O4. The Morgan fingerprint density at radius 2 is 1.79 bits per heavy atom. The molecule has 1 fully saturated rings. The zero-order valence-electron chi connectivity index (χ0n) is 19.6. The van der Waals surface area contributed by atoms with Gasteiger partial charge >= 0.3 is 6.03 Å². The Bertz CT molecular complexity index is 1480. The van der Waals surface area contributed by atoms with E-state index >= 15 is 4.39 Å². The normalized spacial score (nSPS) is 15.6. The minimum atomic E-state index is -2.83. The van der Waals surface area contributed by atoms with Crippen molar-refractivity contribution in [3.05, 3.63) is 52.7 Å². The molecule has 3 amide bonds. The van der Waals surface area contributed by atoms with E-state index in [1.807, 2.05) is 0 Å². The fraction of sp³-hybridized carbons (Fsp3) is 0.227. The molecule has 0 bridgehead atoms. The first-order valence-corrected chi connectivity index (χ1v) is 11.2. The van der Waals surface area contributed by atoms with Crippen LogP contribution in [0.15, 0.2) is 30.5 Å². The third kappa shape index (κ3) is 5.34. The average molecular weight is 552 g/mol. The van der Waals surface area contributed by atoms with Crippen molar-refractivity contribution in [2.45, 2.75) is 22.9 Å². The number of benzene rings is 2. The van der Waals surface area contributed by atoms with E-state index in [0.717, 1.165) is 12.1 Å². The van der Waals surface area contributed by atoms with Gasteiger partial charge in [0.15, 0.2) is 17.4 Å². The van der Waals surface area contributed by atoms with Crippen molar-refractivity contribution in [2.75, 3.05) is 11.9 Å². The van der Waals surface area contributed by atoms with Crippen LogP contribution in [0.2, 0.25) is 15.5 Å². The number of nitrogens with one attached hydrogen (secondary N) is 2. The number of nitrogens with two attached hydrogens (primary N) is 1. The second-order valence-electron chi connectivity index (χ2n) is 8.60. The summed E-state index contributed by atoms with van der Waals surface area (Å²) >= 11 is 6.00. The molecule has 2 aromatic carbocycles. The number of urea groups is 1. The molecule has 0 spiro atoms. The van der Waals surface area contributed by atoms with Crippen molar-refractivity contribution in [3.8, 4) is 17.2 Å². The summed E-state index contributed by atoms with van der Waals surface area (Å²) in [6.45, 7) is -1.02. The molecule has 1 aromatic heterocycles. The molecule has 4 rings (SSSR count). The Balaban J connectivity index is 1.62. The summed E-state index contributed by atoms with van der Waals surface area (Å²) in [7, 11) is 22.6. The smallest absolute Gasteiger partial charge is 0.319 e. The van der Waals surface area contributed by atoms with E-state index < -0.39 is 69.5 Å². The van der Waals surface area contributed by atoms with Crippen molar-refractivity contribution in [1.29, 1.82) is 0 Å². The summed E-state index contributed by atoms with van der Waals surface area (Å²) in [6.07, 6.45) is -1.64. The Morgan fingerprint density at radius 3 is 2.38 bits per heavy atom. The number of fused-ring (bicyclic) bond motifs is 1. The van der Waals surface area contributed by atoms with Crippen molar-refractivity contribution >= 4 is 71.5 Å². The Hall–Kier alpha value is -3.54. The summed E-state index contributed by atoms with van der Waals surface area (Å²) in [6, 6.07) is 2.10. The SMILES string of the molecule is [B]C1([B])C(NC(=O)Nc2cc(F)c(Oc3ccnc4cc(OCC(F)F)c(C(N)=O)cc34)c(F)c2Cl)C1([B])[B]. The number of alkyl halides is 2. The van der Waals surface area contributed by atoms with Crippen molar-refractivity contribution in [2.24, 2.45) is 5.73 Å². The number of pyridine rings is 1. The molecule has 1 aliphatic carbocycles. The van der Waals surface area contributed by atoms with Crippen LogP contribution in [-0.4, -0.2) is 67.4 Å². The largest absolute Gasteiger partial charge is 0.487 e. The maximum atomic E-state index is 15.1. The van der Waals surface area contributed by atoms with E-state index in [2.05, 4.69) is 15.6 Å². The predicted octanol–water partition coefficient (Wildman–Crippen LogP) is 3.11. The van der Waals surface area contributed by atoms with Crippen LogP contribution in [0.1, 0.15) is 10.4 Å². The van der Waals surface area contributed by atoms with Gasteiger partial charge in [-0.05, 0) is 12.1 Å². The van der Waals surface area contributed by atoms with Gasteiger partial charge in [-0.15, -0.1) is 0 Å². The van der Waals surface area contributed by atoms with Gasteiger partial charge in [0.25, 0.3) is 12.3 Å². The first-order chi connectivity index (χ1) is 18.1. The summed E-state index contributed by atoms with van der Waals surface area (Å²) in [5.74, 6) is -5.15. The summed E-state index contributed by atoms with van der Waals surface area (Å²) in [5, 5.41) is 0.501. The van der Waals surface area contributed by atoms with Gasteiger partial charge in [-0.3, -0.25) is 9.78 Å². The monoisotopic (exact) mass is 552 g/mol. The Kier molecular flexibility index (Phi) is 7.46. The fourth-order valence-corrected chi connectivity index (χ4v) is 3.86. The van der Waals surface area contributed by atoms with E-state index in [1.54, 1.807) is 0 Å². The number of carbonyl (C=O) groups excluding carboxylic acids is 2. The van der Waals surface area contributed by atoms with Crippen LogP contribution in [0.3, 0.4) is 0 Å². The molecule has 3 aromatic rings. The van der Waals surface area contributed by atoms with Crippen LogP contribution in [0.5, 0.6) is 17.2 Å². The van der Waals surface area contributed by atoms with Gasteiger partial charge in [0.1, 0.15) is 23.1 Å². The first-order valence-electron chi connectivity index (χ1n) is 10.9. The fourth-order valence-electron chi connectivity index (χ4n) is 3.67. The number of ether oxygens (including phenoxy) is 2. The maximum absolute atomic E-state index is 15.1. The topological polar surface area (TPSA) is 116 Å². The lowest BCUT2D eigenvalue weighted by molar-refractivity contribution is 0.0802. The Morgan fingerprint density at radius 1 is 1.13 bits per heavy atom. The van der Waals surface area contributed by atoms with Crippen LogP contribution in [0.25, 0.3) is 10.9 Å². The number of aromatic nitrogens is 1. The molecule has 1 saturated carbocycles. The molecule has 192 valence electrons. The molecule has 17 heteroatoms. The minimum Gasteiger partial charge on any atom is -0.487 e. The zero-order valence-corrected chi connectivity index (χ0v) is 20.4. The minimum absolute atomic E-state index is 0.0377. The molecule has 0 unspecified atom stereocenters. The summed E-state index contributed by atoms with van der Waals surface area (Å²) in [4.78, 5) is 28.2. The zero-order chi connectivity index (χ0) is 28.9. The highest BCUT2D eigenvalue weighted by Crippen LogP contribution is 2.67. The Labute approximate surface area is 229 Å². The molecule has 1 aliphatic rings. The van der Waals surface area contributed by atoms with Gasteiger partial charge in [-0.25, -0.2) is 22.4 Å². The number of carbonyl (C=O) groups is 2. The lowest BCUT2D eigenvalue weighted by Gasteiger charge is -2.16. The first kappa shape index (κ1) is 28.5. The highest BCUT2D eigenvalue weighted by molar-refractivity contribution is 6.61. The third-order valence-corrected chi connectivity index (χ3v) is 6.28. The molecule has 0 atom stereocenters. The lowest BCUT2D eigenvalue weighted by atomic mass is 9.49. The second kappa shape index (κ2) is 10.2. The van der Waals surface area contributed by atoms with Crippen LogP contribution >= 0.6 is 11.6 Å². The van der Waals surface area contributed by atoms with E-state index in [9.17, 15) is 22.8 Å². The van der Waals surface area contributed by atoms with E-state index in [4.69, 9.17) is 58.2 Å². The van der Waals surface area contributed by atoms with E-state index in [1.165, 1.54) is 12.3 Å². The van der Waals surface area contributed by atoms with Crippen molar-refractivity contribution < 1.29 is 36.6 Å². The standard InChI is InChI=1S/C22H13B4ClF4N4O4/c23-21(24)19(22(21,25)26)35-20(37)34-11-4-9(28)17(16(31)15(11)27)39-12-1-2-33-10-5-13(38-6-14(29)30)8(18(32)36)3-7(10)12/h1-5,14,19H,6H2,(H2,32,36)(H2,34,35,37). The van der Waals surface area contributed by atoms with Crippen LogP contribution < -0.4 is 25.8 Å². The van der Waals surface area contributed by atoms with Crippen LogP contribution in [0.4, 0.5) is 28.0 Å². The van der Waals surface area contributed by atoms with Crippen LogP contribution in [0, 0.1) is 11.6 Å². The van der Waals surface area contributed by atoms with Gasteiger partial charge in [-0.1, -0.05) is 22.0 Å². The summed E-state index contributed by atoms with van der Waals surface area (Å²) < 4.78 is 65.6. The molecule has 8 nitrogen and oxygen atoms in total. The number of amides is 3. The molecule has 0 saturated heterocycles. The van der Waals surface area contributed by atoms with Gasteiger partial charge in [-0.2, -0.15) is 0 Å². The lowest BCUT2D eigenvalue weighted by Crippen LogP contribution is -2.34. The molecule has 8 radical (unpaired) electrons. The number of rotatable bonds is 8. The van der Waals surface area contributed by atoms with Crippen molar-refractivity contribution in [1.82, 2.24) is 10.3 Å². The number of halogens is 5. The van der Waals surface area contributed by atoms with Crippen molar-refractivity contribution in [3.63, 3.8) is 0 Å². The van der Waals surface area contributed by atoms with Gasteiger partial charge in [0.05, 0.1) is 48.2 Å². The van der Waals surface area contributed by atoms with E-state index in [0.29, 0.717) is 6.07 Å². The molecule has 0 aliphatic heterocycles. The number of primary amides is 1. The summed E-state index contributed by atoms with van der Waals surface area (Å²) in [5.41, 5.74) is 4.61. The number of anilines is 1. The molecular weight excluding hydrogens is 539 g/mol. The van der Waals surface area contributed by atoms with E-state index in [-0.39, 0.29) is 28.0 Å². The van der Waals surface area contributed by atoms with Gasteiger partial charge in [0.2, 0.25) is 0 Å². The quantitative estimate of drug-likeness (QED) is 0.226. The highest BCUT2D eigenvalue weighted by atomic mass is 35.5. The highest BCUT2D eigenvalue weighted by Gasteiger charge is 2.62. The predicted molar refractivity (Wildman–Crippen MR) is 138 cm³/mol. The second-order valence-corrected chi connectivity index (χ2v) is 8.98. The van der Waals surface area contributed by atoms with Crippen LogP contribution in [-0.2, 0) is 0 Å². The average Bonchev–Trinajstić information content (AvgIpc) is 3.24. The van der Waals surface area contributed by atoms with Gasteiger partial charge < -0.3 is 25.8 Å². The number of hydrogen-bond donors (Lipinski definition) is 3. The maximum Gasteiger partial charge on any atom is 0.319 e. The molecule has 4 N–H and O–H groups in total. The molecule has 39 heavy (non-hydrogen) atoms. The van der Waals surface area contributed by atoms with Gasteiger partial charge in [0, 0.05) is 29.8 Å². The molecule has 1 heterocycles.